The molecule has 8 heteroatoms. The van der Waals surface area contributed by atoms with E-state index < -0.39 is 23.9 Å². The van der Waals surface area contributed by atoms with Crippen molar-refractivity contribution in [2.45, 2.75) is 20.0 Å². The van der Waals surface area contributed by atoms with Gasteiger partial charge in [0.05, 0.1) is 0 Å². The number of carbonyl (C=O) groups is 3. The zero-order chi connectivity index (χ0) is 26.0. The Balaban J connectivity index is 1.68. The Labute approximate surface area is 207 Å². The van der Waals surface area contributed by atoms with Crippen LogP contribution >= 0.6 is 0 Å². The van der Waals surface area contributed by atoms with Gasteiger partial charge >= 0.3 is 5.97 Å². The van der Waals surface area contributed by atoms with Gasteiger partial charge in [0.1, 0.15) is 5.69 Å². The summed E-state index contributed by atoms with van der Waals surface area (Å²) >= 11 is 0. The summed E-state index contributed by atoms with van der Waals surface area (Å²) in [7, 11) is 1.51. The number of esters is 1. The Morgan fingerprint density at radius 2 is 1.53 bits per heavy atom. The molecule has 0 radical (unpaired) electrons. The lowest BCUT2D eigenvalue weighted by molar-refractivity contribution is -0.123. The molecule has 0 aliphatic rings. The van der Waals surface area contributed by atoms with Crippen LogP contribution in [0, 0.1) is 6.92 Å². The third-order valence-electron chi connectivity index (χ3n) is 5.93. The number of nitrogens with one attached hydrogen (secondary N) is 1. The number of pyridine rings is 1. The maximum absolute atomic E-state index is 13.4. The van der Waals surface area contributed by atoms with Gasteiger partial charge in [0.2, 0.25) is 5.91 Å². The van der Waals surface area contributed by atoms with E-state index in [1.165, 1.54) is 42.8 Å². The fourth-order valence-electron chi connectivity index (χ4n) is 3.95. The minimum Gasteiger partial charge on any atom is -0.448 e. The Morgan fingerprint density at radius 3 is 2.14 bits per heavy atom. The molecule has 182 valence electrons. The molecule has 8 nitrogen and oxygen atoms in total. The zero-order valence-corrected chi connectivity index (χ0v) is 20.1. The van der Waals surface area contributed by atoms with Gasteiger partial charge in [-0.1, -0.05) is 48.0 Å². The molecule has 1 unspecified atom stereocenters. The number of anilines is 1. The largest absolute Gasteiger partial charge is 0.448 e. The van der Waals surface area contributed by atoms with E-state index in [1.807, 2.05) is 31.2 Å². The van der Waals surface area contributed by atoms with E-state index in [0.717, 1.165) is 11.1 Å². The van der Waals surface area contributed by atoms with Crippen molar-refractivity contribution in [2.24, 2.45) is 12.8 Å². The molecule has 0 fully saturated rings. The van der Waals surface area contributed by atoms with Gasteiger partial charge in [-0.25, -0.2) is 4.79 Å². The van der Waals surface area contributed by atoms with E-state index >= 15 is 0 Å². The van der Waals surface area contributed by atoms with E-state index in [9.17, 15) is 19.2 Å². The lowest BCUT2D eigenvalue weighted by atomic mass is 9.96. The first kappa shape index (κ1) is 24.4. The summed E-state index contributed by atoms with van der Waals surface area (Å²) in [5.41, 5.74) is 7.98. The Bertz CT molecular complexity index is 1540. The lowest BCUT2D eigenvalue weighted by Gasteiger charge is -2.19. The SMILES string of the molecule is Cc1ccc(-c2c(C(=O)OC(C)C(=O)Nc3ccc(C(N)=O)cc3)n(C)c(=O)c3ccccc23)cc1. The summed E-state index contributed by atoms with van der Waals surface area (Å²) in [5, 5.41) is 3.72. The average molecular weight is 484 g/mol. The Kier molecular flexibility index (Phi) is 6.69. The number of fused-ring (bicyclic) bond motifs is 1. The van der Waals surface area contributed by atoms with Crippen LogP contribution in [-0.4, -0.2) is 28.5 Å². The predicted octanol–water partition coefficient (Wildman–Crippen LogP) is 3.80. The third kappa shape index (κ3) is 4.74. The molecule has 0 aliphatic heterocycles. The summed E-state index contributed by atoms with van der Waals surface area (Å²) < 4.78 is 6.78. The number of benzene rings is 3. The number of nitrogens with two attached hydrogens (primary N) is 1. The number of ether oxygens (including phenoxy) is 1. The van der Waals surface area contributed by atoms with Crippen molar-refractivity contribution in [3.8, 4) is 11.1 Å². The highest BCUT2D eigenvalue weighted by atomic mass is 16.5. The number of amides is 2. The van der Waals surface area contributed by atoms with Crippen LogP contribution in [0.25, 0.3) is 21.9 Å². The van der Waals surface area contributed by atoms with E-state index in [2.05, 4.69) is 5.32 Å². The summed E-state index contributed by atoms with van der Waals surface area (Å²) in [6.07, 6.45) is -1.17. The van der Waals surface area contributed by atoms with Crippen molar-refractivity contribution in [3.63, 3.8) is 0 Å². The normalized spacial score (nSPS) is 11.6. The van der Waals surface area contributed by atoms with Crippen molar-refractivity contribution in [3.05, 3.63) is 100.0 Å². The third-order valence-corrected chi connectivity index (χ3v) is 5.93. The number of rotatable bonds is 6. The molecule has 3 aromatic carbocycles. The summed E-state index contributed by atoms with van der Waals surface area (Å²) in [6, 6.07) is 20.7. The van der Waals surface area contributed by atoms with E-state index in [-0.39, 0.29) is 11.3 Å². The van der Waals surface area contributed by atoms with E-state index in [1.54, 1.807) is 24.3 Å². The van der Waals surface area contributed by atoms with Gasteiger partial charge in [-0.3, -0.25) is 14.4 Å². The number of aromatic nitrogens is 1. The second-order valence-electron chi connectivity index (χ2n) is 8.48. The van der Waals surface area contributed by atoms with Gasteiger partial charge in [0.15, 0.2) is 6.10 Å². The van der Waals surface area contributed by atoms with Crippen molar-refractivity contribution in [1.29, 1.82) is 0 Å². The lowest BCUT2D eigenvalue weighted by Crippen LogP contribution is -2.33. The minimum absolute atomic E-state index is 0.0491. The van der Waals surface area contributed by atoms with Crippen molar-refractivity contribution < 1.29 is 19.1 Å². The first-order chi connectivity index (χ1) is 17.2. The minimum atomic E-state index is -1.17. The fourth-order valence-corrected chi connectivity index (χ4v) is 3.95. The van der Waals surface area contributed by atoms with E-state index in [0.29, 0.717) is 27.6 Å². The molecular weight excluding hydrogens is 458 g/mol. The molecular formula is C28H25N3O5. The number of primary amides is 1. The molecule has 1 aromatic heterocycles. The molecule has 1 heterocycles. The highest BCUT2D eigenvalue weighted by molar-refractivity contribution is 6.07. The molecule has 4 rings (SSSR count). The molecule has 3 N–H and O–H groups in total. The van der Waals surface area contributed by atoms with Crippen LogP contribution in [0.15, 0.2) is 77.6 Å². The highest BCUT2D eigenvalue weighted by Crippen LogP contribution is 2.31. The monoisotopic (exact) mass is 483 g/mol. The Hall–Kier alpha value is -4.72. The zero-order valence-electron chi connectivity index (χ0n) is 20.1. The second-order valence-corrected chi connectivity index (χ2v) is 8.48. The van der Waals surface area contributed by atoms with Crippen molar-refractivity contribution in [2.75, 3.05) is 5.32 Å². The topological polar surface area (TPSA) is 120 Å². The summed E-state index contributed by atoms with van der Waals surface area (Å²) in [5.74, 6) is -1.96. The van der Waals surface area contributed by atoms with Gasteiger partial charge in [-0.15, -0.1) is 0 Å². The van der Waals surface area contributed by atoms with Crippen LogP contribution in [0.3, 0.4) is 0 Å². The van der Waals surface area contributed by atoms with Crippen LogP contribution < -0.4 is 16.6 Å². The second kappa shape index (κ2) is 9.87. The smallest absolute Gasteiger partial charge is 0.356 e. The van der Waals surface area contributed by atoms with Gasteiger partial charge in [-0.2, -0.15) is 0 Å². The number of nitrogens with zero attached hydrogens (tertiary/aromatic N) is 1. The predicted molar refractivity (Wildman–Crippen MR) is 138 cm³/mol. The molecule has 0 saturated heterocycles. The molecule has 0 spiro atoms. The van der Waals surface area contributed by atoms with Crippen molar-refractivity contribution >= 4 is 34.2 Å². The maximum Gasteiger partial charge on any atom is 0.356 e. The number of hydrogen-bond donors (Lipinski definition) is 2. The van der Waals surface area contributed by atoms with Crippen molar-refractivity contribution in [1.82, 2.24) is 4.57 Å². The average Bonchev–Trinajstić information content (AvgIpc) is 2.86. The van der Waals surface area contributed by atoms with Crippen LogP contribution in [0.4, 0.5) is 5.69 Å². The van der Waals surface area contributed by atoms with Crippen LogP contribution in [0.1, 0.15) is 33.3 Å². The van der Waals surface area contributed by atoms with Gasteiger partial charge in [0.25, 0.3) is 11.5 Å². The molecule has 0 saturated carbocycles. The summed E-state index contributed by atoms with van der Waals surface area (Å²) in [4.78, 5) is 50.4. The quantitative estimate of drug-likeness (QED) is 0.404. The van der Waals surface area contributed by atoms with Gasteiger partial charge < -0.3 is 20.4 Å². The molecule has 0 aliphatic carbocycles. The fraction of sp³-hybridized carbons (Fsp3) is 0.143. The molecule has 1 atom stereocenters. The van der Waals surface area contributed by atoms with E-state index in [4.69, 9.17) is 10.5 Å². The number of hydrogen-bond acceptors (Lipinski definition) is 5. The van der Waals surface area contributed by atoms with Gasteiger partial charge in [0, 0.05) is 29.2 Å². The van der Waals surface area contributed by atoms with Gasteiger partial charge in [-0.05, 0) is 55.1 Å². The molecule has 0 bridgehead atoms. The molecule has 36 heavy (non-hydrogen) atoms. The Morgan fingerprint density at radius 1 is 0.917 bits per heavy atom. The van der Waals surface area contributed by atoms with Crippen LogP contribution in [-0.2, 0) is 16.6 Å². The number of aryl methyl sites for hydroxylation is 1. The highest BCUT2D eigenvalue weighted by Gasteiger charge is 2.26. The van der Waals surface area contributed by atoms with Crippen LogP contribution in [0.5, 0.6) is 0 Å². The first-order valence-corrected chi connectivity index (χ1v) is 11.3. The van der Waals surface area contributed by atoms with Crippen LogP contribution in [0.2, 0.25) is 0 Å². The molecule has 4 aromatic rings. The molecule has 2 amide bonds. The first-order valence-electron chi connectivity index (χ1n) is 11.3. The maximum atomic E-state index is 13.4. The number of carbonyl (C=O) groups excluding carboxylic acids is 3. The standard InChI is InChI=1S/C28H25N3O5/c1-16-8-10-18(11-9-16)23-21-6-4-5-7-22(21)27(34)31(3)24(23)28(35)36-17(2)26(33)30-20-14-12-19(13-15-20)25(29)32/h4-15,17H,1-3H3,(H2,29,32)(H,30,33). The summed E-state index contributed by atoms with van der Waals surface area (Å²) in [6.45, 7) is 3.40.